The van der Waals surface area contributed by atoms with Crippen molar-refractivity contribution in [3.63, 3.8) is 0 Å². The number of nitrogens with zero attached hydrogens (tertiary/aromatic N) is 4. The van der Waals surface area contributed by atoms with Crippen LogP contribution in [0.4, 0.5) is 10.1 Å². The van der Waals surface area contributed by atoms with E-state index in [0.717, 1.165) is 43.4 Å². The van der Waals surface area contributed by atoms with Gasteiger partial charge in [0.1, 0.15) is 11.5 Å². The fraction of sp³-hybridized carbons (Fsp3) is 0.414. The van der Waals surface area contributed by atoms with Gasteiger partial charge >= 0.3 is 0 Å². The number of aromatic nitrogens is 2. The van der Waals surface area contributed by atoms with Gasteiger partial charge in [0.15, 0.2) is 0 Å². The first-order valence-corrected chi connectivity index (χ1v) is 12.9. The summed E-state index contributed by atoms with van der Waals surface area (Å²) >= 11 is 0. The molecule has 1 aromatic heterocycles. The van der Waals surface area contributed by atoms with E-state index >= 15 is 0 Å². The average molecular weight is 491 g/mol. The largest absolute Gasteiger partial charge is 0.334 e. The molecule has 0 N–H and O–H groups in total. The number of rotatable bonds is 4. The lowest BCUT2D eigenvalue weighted by atomic mass is 10.0. The number of benzene rings is 2. The van der Waals surface area contributed by atoms with Crippen molar-refractivity contribution in [1.82, 2.24) is 14.7 Å². The van der Waals surface area contributed by atoms with Crippen LogP contribution in [0.2, 0.25) is 0 Å². The van der Waals surface area contributed by atoms with Crippen LogP contribution in [0.3, 0.4) is 0 Å². The zero-order valence-corrected chi connectivity index (χ0v) is 21.2. The van der Waals surface area contributed by atoms with Crippen molar-refractivity contribution in [2.75, 3.05) is 18.0 Å². The van der Waals surface area contributed by atoms with Crippen LogP contribution in [0.1, 0.15) is 68.3 Å². The third-order valence-corrected chi connectivity index (χ3v) is 6.57. The van der Waals surface area contributed by atoms with Crippen LogP contribution in [0.25, 0.3) is 5.69 Å². The molecule has 0 radical (unpaired) electrons. The summed E-state index contributed by atoms with van der Waals surface area (Å²) in [5.41, 5.74) is 2.47. The Labute approximate surface area is 212 Å². The molecule has 0 bridgehead atoms. The molecule has 1 aliphatic heterocycles. The molecule has 7 heteroatoms. The van der Waals surface area contributed by atoms with Gasteiger partial charge in [0, 0.05) is 49.7 Å². The Balaban J connectivity index is 1.67. The van der Waals surface area contributed by atoms with E-state index in [1.807, 2.05) is 34.1 Å². The van der Waals surface area contributed by atoms with Crippen molar-refractivity contribution in [3.8, 4) is 5.69 Å². The second kappa shape index (κ2) is 12.0. The summed E-state index contributed by atoms with van der Waals surface area (Å²) < 4.78 is 15.9. The highest BCUT2D eigenvalue weighted by Gasteiger charge is 2.23. The first-order chi connectivity index (χ1) is 17.4. The third kappa shape index (κ3) is 6.20. The summed E-state index contributed by atoms with van der Waals surface area (Å²) in [5.74, 6) is -0.203. The van der Waals surface area contributed by atoms with Crippen molar-refractivity contribution in [1.29, 1.82) is 0 Å². The van der Waals surface area contributed by atoms with E-state index in [0.29, 0.717) is 31.6 Å². The molecule has 0 saturated carbocycles. The van der Waals surface area contributed by atoms with Crippen molar-refractivity contribution in [3.05, 3.63) is 77.9 Å². The Morgan fingerprint density at radius 1 is 0.944 bits per heavy atom. The predicted molar refractivity (Wildman–Crippen MR) is 140 cm³/mol. The molecule has 0 saturated heterocycles. The second-order valence-electron chi connectivity index (χ2n) is 9.88. The van der Waals surface area contributed by atoms with Gasteiger partial charge in [-0.3, -0.25) is 9.59 Å². The van der Waals surface area contributed by atoms with E-state index in [4.69, 9.17) is 0 Å². The highest BCUT2D eigenvalue weighted by atomic mass is 19.1. The van der Waals surface area contributed by atoms with Gasteiger partial charge < -0.3 is 9.80 Å². The molecule has 0 atom stereocenters. The Morgan fingerprint density at radius 2 is 1.69 bits per heavy atom. The molecule has 0 fully saturated rings. The van der Waals surface area contributed by atoms with E-state index in [1.54, 1.807) is 24.5 Å². The van der Waals surface area contributed by atoms with Crippen LogP contribution < -0.4 is 4.90 Å². The van der Waals surface area contributed by atoms with E-state index in [9.17, 15) is 14.0 Å². The lowest BCUT2D eigenvalue weighted by molar-refractivity contribution is -0.119. The third-order valence-electron chi connectivity index (χ3n) is 6.57. The second-order valence-corrected chi connectivity index (χ2v) is 9.88. The maximum atomic E-state index is 14.5. The van der Waals surface area contributed by atoms with Gasteiger partial charge in [-0.05, 0) is 54.7 Å². The standard InChI is InChI=1S/C29H35FN4O2/c1-22(2)19-28(35)33-17-9-5-3-4-8-16-32(21-24-11-6-7-12-26(24)33)29(36)23-13-14-25(30)27(20-23)34-18-10-15-31-34/h6-7,10-15,18,20,22H,3-5,8-9,16-17,19,21H2,1-2H3. The Kier molecular flexibility index (Phi) is 8.52. The minimum atomic E-state index is -0.436. The minimum absolute atomic E-state index is 0.120. The first-order valence-electron chi connectivity index (χ1n) is 12.9. The summed E-state index contributed by atoms with van der Waals surface area (Å²) in [5, 5.41) is 4.12. The SMILES string of the molecule is CC(C)CC(=O)N1CCCCCCCN(C(=O)c2ccc(F)c(-n3cccn3)c2)Cc2ccccc21. The fourth-order valence-corrected chi connectivity index (χ4v) is 4.72. The number of hydrogen-bond acceptors (Lipinski definition) is 3. The molecule has 36 heavy (non-hydrogen) atoms. The van der Waals surface area contributed by atoms with Crippen molar-refractivity contribution in [2.45, 2.75) is 58.9 Å². The molecule has 0 unspecified atom stereocenters. The number of fused-ring (bicyclic) bond motifs is 1. The molecule has 6 nitrogen and oxygen atoms in total. The smallest absolute Gasteiger partial charge is 0.254 e. The van der Waals surface area contributed by atoms with Crippen molar-refractivity contribution < 1.29 is 14.0 Å². The van der Waals surface area contributed by atoms with Crippen LogP contribution in [0, 0.1) is 11.7 Å². The van der Waals surface area contributed by atoms with Gasteiger partial charge in [-0.25, -0.2) is 9.07 Å². The van der Waals surface area contributed by atoms with E-state index in [2.05, 4.69) is 18.9 Å². The highest BCUT2D eigenvalue weighted by Crippen LogP contribution is 2.27. The maximum absolute atomic E-state index is 14.5. The number of carbonyl (C=O) groups excluding carboxylic acids is 2. The highest BCUT2D eigenvalue weighted by molar-refractivity contribution is 5.96. The van der Waals surface area contributed by atoms with Gasteiger partial charge in [0.25, 0.3) is 5.91 Å². The zero-order chi connectivity index (χ0) is 25.5. The number of para-hydroxylation sites is 1. The lowest BCUT2D eigenvalue weighted by Crippen LogP contribution is -2.36. The van der Waals surface area contributed by atoms with Crippen molar-refractivity contribution >= 4 is 17.5 Å². The molecule has 2 aromatic carbocycles. The molecular weight excluding hydrogens is 455 g/mol. The summed E-state index contributed by atoms with van der Waals surface area (Å²) in [6.45, 7) is 5.78. The predicted octanol–water partition coefficient (Wildman–Crippen LogP) is 6.00. The quantitative estimate of drug-likeness (QED) is 0.451. The lowest BCUT2D eigenvalue weighted by Gasteiger charge is -2.30. The Morgan fingerprint density at radius 3 is 2.44 bits per heavy atom. The average Bonchev–Trinajstić information content (AvgIpc) is 3.39. The fourth-order valence-electron chi connectivity index (χ4n) is 4.72. The van der Waals surface area contributed by atoms with Crippen molar-refractivity contribution in [2.24, 2.45) is 5.92 Å². The monoisotopic (exact) mass is 490 g/mol. The summed E-state index contributed by atoms with van der Waals surface area (Å²) in [6.07, 6.45) is 8.72. The van der Waals surface area contributed by atoms with Crippen LogP contribution >= 0.6 is 0 Å². The van der Waals surface area contributed by atoms with Crippen LogP contribution in [-0.4, -0.2) is 39.6 Å². The molecule has 0 spiro atoms. The van der Waals surface area contributed by atoms with E-state index < -0.39 is 5.82 Å². The number of hydrogen-bond donors (Lipinski definition) is 0. The summed E-state index contributed by atoms with van der Waals surface area (Å²) in [4.78, 5) is 30.7. The number of amides is 2. The topological polar surface area (TPSA) is 58.4 Å². The number of carbonyl (C=O) groups is 2. The molecule has 2 amide bonds. The summed E-state index contributed by atoms with van der Waals surface area (Å²) in [7, 11) is 0. The molecule has 0 aliphatic carbocycles. The normalized spacial score (nSPS) is 15.2. The minimum Gasteiger partial charge on any atom is -0.334 e. The van der Waals surface area contributed by atoms with Gasteiger partial charge in [0.05, 0.1) is 0 Å². The number of anilines is 1. The van der Waals surface area contributed by atoms with E-state index in [-0.39, 0.29) is 23.4 Å². The first kappa shape index (κ1) is 25.6. The Hall–Kier alpha value is -3.48. The summed E-state index contributed by atoms with van der Waals surface area (Å²) in [6, 6.07) is 14.0. The number of halogens is 1. The Bertz CT molecular complexity index is 1180. The molecule has 1 aliphatic rings. The van der Waals surface area contributed by atoms with Gasteiger partial charge in [-0.2, -0.15) is 5.10 Å². The molecule has 4 rings (SSSR count). The van der Waals surface area contributed by atoms with Gasteiger partial charge in [0.2, 0.25) is 5.91 Å². The van der Waals surface area contributed by atoms with Crippen LogP contribution in [-0.2, 0) is 11.3 Å². The molecular formula is C29H35FN4O2. The maximum Gasteiger partial charge on any atom is 0.254 e. The van der Waals surface area contributed by atoms with Crippen LogP contribution in [0.5, 0.6) is 0 Å². The van der Waals surface area contributed by atoms with E-state index in [1.165, 1.54) is 16.8 Å². The molecule has 2 heterocycles. The van der Waals surface area contributed by atoms with Gasteiger partial charge in [-0.15, -0.1) is 0 Å². The molecule has 190 valence electrons. The zero-order valence-electron chi connectivity index (χ0n) is 21.2. The molecule has 3 aromatic rings. The van der Waals surface area contributed by atoms with Gasteiger partial charge in [-0.1, -0.05) is 51.3 Å². The van der Waals surface area contributed by atoms with Crippen LogP contribution in [0.15, 0.2) is 60.9 Å².